The van der Waals surface area contributed by atoms with E-state index in [-0.39, 0.29) is 6.03 Å². The summed E-state index contributed by atoms with van der Waals surface area (Å²) < 4.78 is 0. The Bertz CT molecular complexity index is 571. The van der Waals surface area contributed by atoms with Gasteiger partial charge in [0.05, 0.1) is 10.7 Å². The molecule has 1 N–H and O–H groups in total. The molecule has 3 rings (SSSR count). The van der Waals surface area contributed by atoms with E-state index in [1.165, 1.54) is 12.8 Å². The quantitative estimate of drug-likeness (QED) is 0.876. The van der Waals surface area contributed by atoms with Crippen molar-refractivity contribution in [3.8, 4) is 0 Å². The topological polar surface area (TPSA) is 35.6 Å². The number of benzene rings is 1. The third kappa shape index (κ3) is 3.80. The third-order valence-corrected chi connectivity index (χ3v) is 6.10. The van der Waals surface area contributed by atoms with Crippen LogP contribution in [0, 0.1) is 11.8 Å². The lowest BCUT2D eigenvalue weighted by Crippen LogP contribution is -2.55. The Morgan fingerprint density at radius 2 is 1.83 bits per heavy atom. The summed E-state index contributed by atoms with van der Waals surface area (Å²) in [6.45, 7) is 7.71. The van der Waals surface area contributed by atoms with E-state index in [1.54, 1.807) is 0 Å². The summed E-state index contributed by atoms with van der Waals surface area (Å²) in [6, 6.07) is 8.33. The molecule has 132 valence electrons. The minimum Gasteiger partial charge on any atom is -0.367 e. The summed E-state index contributed by atoms with van der Waals surface area (Å²) in [7, 11) is 0. The SMILES string of the molecule is CC1CCCC(NC(=O)N2CCN(c3ccccc3Cl)CC2)C1C. The van der Waals surface area contributed by atoms with Crippen molar-refractivity contribution >= 4 is 23.3 Å². The van der Waals surface area contributed by atoms with Gasteiger partial charge in [0.2, 0.25) is 0 Å². The fourth-order valence-electron chi connectivity index (χ4n) is 3.89. The van der Waals surface area contributed by atoms with Gasteiger partial charge < -0.3 is 15.1 Å². The molecule has 0 bridgehead atoms. The average Bonchev–Trinajstić information content (AvgIpc) is 2.59. The number of amides is 2. The van der Waals surface area contributed by atoms with Crippen LogP contribution in [0.25, 0.3) is 0 Å². The molecular formula is C19H28ClN3O. The number of nitrogens with zero attached hydrogens (tertiary/aromatic N) is 2. The maximum atomic E-state index is 12.6. The molecule has 2 fully saturated rings. The normalized spacial score (nSPS) is 27.9. The first-order valence-electron chi connectivity index (χ1n) is 9.11. The predicted octanol–water partition coefficient (Wildman–Crippen LogP) is 4.00. The Balaban J connectivity index is 1.53. The minimum atomic E-state index is 0.0970. The highest BCUT2D eigenvalue weighted by Gasteiger charge is 2.30. The number of nitrogens with one attached hydrogen (secondary N) is 1. The number of urea groups is 1. The van der Waals surface area contributed by atoms with E-state index in [2.05, 4.69) is 24.1 Å². The minimum absolute atomic E-state index is 0.0970. The van der Waals surface area contributed by atoms with Gasteiger partial charge in [0.15, 0.2) is 0 Å². The summed E-state index contributed by atoms with van der Waals surface area (Å²) >= 11 is 6.28. The average molecular weight is 350 g/mol. The second-order valence-corrected chi connectivity index (χ2v) is 7.66. The Morgan fingerprint density at radius 1 is 1.12 bits per heavy atom. The first kappa shape index (κ1) is 17.4. The number of rotatable bonds is 2. The number of hydrogen-bond acceptors (Lipinski definition) is 2. The fraction of sp³-hybridized carbons (Fsp3) is 0.632. The number of carbonyl (C=O) groups is 1. The largest absolute Gasteiger partial charge is 0.367 e. The fourth-order valence-corrected chi connectivity index (χ4v) is 4.15. The highest BCUT2D eigenvalue weighted by atomic mass is 35.5. The van der Waals surface area contributed by atoms with E-state index in [1.807, 2.05) is 29.2 Å². The number of para-hydroxylation sites is 1. The molecule has 0 spiro atoms. The number of anilines is 1. The lowest BCUT2D eigenvalue weighted by Gasteiger charge is -2.39. The molecule has 1 heterocycles. The highest BCUT2D eigenvalue weighted by Crippen LogP contribution is 2.30. The Labute approximate surface area is 150 Å². The Morgan fingerprint density at radius 3 is 2.54 bits per heavy atom. The Hall–Kier alpha value is -1.42. The van der Waals surface area contributed by atoms with Crippen LogP contribution in [-0.2, 0) is 0 Å². The molecule has 3 unspecified atom stereocenters. The van der Waals surface area contributed by atoms with Crippen LogP contribution in [0.2, 0.25) is 5.02 Å². The maximum Gasteiger partial charge on any atom is 0.317 e. The molecule has 1 saturated carbocycles. The van der Waals surface area contributed by atoms with Crippen molar-refractivity contribution in [2.45, 2.75) is 39.2 Å². The lowest BCUT2D eigenvalue weighted by molar-refractivity contribution is 0.166. The van der Waals surface area contributed by atoms with Crippen molar-refractivity contribution in [3.63, 3.8) is 0 Å². The van der Waals surface area contributed by atoms with Crippen molar-refractivity contribution < 1.29 is 4.79 Å². The van der Waals surface area contributed by atoms with Crippen LogP contribution >= 0.6 is 11.6 Å². The highest BCUT2D eigenvalue weighted by molar-refractivity contribution is 6.33. The van der Waals surface area contributed by atoms with E-state index in [9.17, 15) is 4.79 Å². The number of carbonyl (C=O) groups excluding carboxylic acids is 1. The summed E-state index contributed by atoms with van der Waals surface area (Å²) in [5.74, 6) is 1.26. The second kappa shape index (κ2) is 7.64. The molecule has 1 aromatic rings. The van der Waals surface area contributed by atoms with Gasteiger partial charge in [0, 0.05) is 32.2 Å². The van der Waals surface area contributed by atoms with Gasteiger partial charge in [-0.3, -0.25) is 0 Å². The van der Waals surface area contributed by atoms with Crippen molar-refractivity contribution in [1.29, 1.82) is 0 Å². The van der Waals surface area contributed by atoms with Gasteiger partial charge in [-0.15, -0.1) is 0 Å². The molecule has 1 aromatic carbocycles. The second-order valence-electron chi connectivity index (χ2n) is 7.25. The molecule has 1 aliphatic heterocycles. The van der Waals surface area contributed by atoms with Crippen LogP contribution in [-0.4, -0.2) is 43.2 Å². The van der Waals surface area contributed by atoms with Gasteiger partial charge >= 0.3 is 6.03 Å². The summed E-state index contributed by atoms with van der Waals surface area (Å²) in [5, 5.41) is 4.06. The van der Waals surface area contributed by atoms with E-state index in [4.69, 9.17) is 11.6 Å². The van der Waals surface area contributed by atoms with Crippen molar-refractivity contribution in [3.05, 3.63) is 29.3 Å². The van der Waals surface area contributed by atoms with Crippen molar-refractivity contribution in [2.75, 3.05) is 31.1 Å². The van der Waals surface area contributed by atoms with E-state index in [0.29, 0.717) is 17.9 Å². The van der Waals surface area contributed by atoms with Crippen molar-refractivity contribution in [2.24, 2.45) is 11.8 Å². The zero-order valence-corrected chi connectivity index (χ0v) is 15.4. The van der Waals surface area contributed by atoms with Crippen LogP contribution in [0.3, 0.4) is 0 Å². The molecule has 2 amide bonds. The molecule has 24 heavy (non-hydrogen) atoms. The summed E-state index contributed by atoms with van der Waals surface area (Å²) in [5.41, 5.74) is 1.06. The third-order valence-electron chi connectivity index (χ3n) is 5.78. The van der Waals surface area contributed by atoms with Crippen molar-refractivity contribution in [1.82, 2.24) is 10.2 Å². The van der Waals surface area contributed by atoms with Crippen LogP contribution < -0.4 is 10.2 Å². The molecule has 5 heteroatoms. The number of halogens is 1. The summed E-state index contributed by atoms with van der Waals surface area (Å²) in [6.07, 6.45) is 3.61. The van der Waals surface area contributed by atoms with E-state index in [0.717, 1.165) is 43.3 Å². The van der Waals surface area contributed by atoms with Gasteiger partial charge in [-0.2, -0.15) is 0 Å². The molecule has 1 saturated heterocycles. The first-order chi connectivity index (χ1) is 11.6. The molecule has 1 aliphatic carbocycles. The van der Waals surface area contributed by atoms with Gasteiger partial charge in [-0.1, -0.05) is 50.4 Å². The van der Waals surface area contributed by atoms with Crippen LogP contribution in [0.4, 0.5) is 10.5 Å². The maximum absolute atomic E-state index is 12.6. The number of hydrogen-bond donors (Lipinski definition) is 1. The van der Waals surface area contributed by atoms with Crippen LogP contribution in [0.15, 0.2) is 24.3 Å². The molecule has 0 radical (unpaired) electrons. The van der Waals surface area contributed by atoms with E-state index < -0.39 is 0 Å². The smallest absolute Gasteiger partial charge is 0.317 e. The molecule has 3 atom stereocenters. The standard InChI is InChI=1S/C19H28ClN3O/c1-14-6-5-8-17(15(14)2)21-19(24)23-12-10-22(11-13-23)18-9-4-3-7-16(18)20/h3-4,7,9,14-15,17H,5-6,8,10-13H2,1-2H3,(H,21,24). The van der Waals surface area contributed by atoms with Gasteiger partial charge in [0.1, 0.15) is 0 Å². The molecule has 2 aliphatic rings. The van der Waals surface area contributed by atoms with E-state index >= 15 is 0 Å². The van der Waals surface area contributed by atoms with Gasteiger partial charge in [-0.25, -0.2) is 4.79 Å². The predicted molar refractivity (Wildman–Crippen MR) is 99.7 cm³/mol. The molecular weight excluding hydrogens is 322 g/mol. The van der Waals surface area contributed by atoms with Gasteiger partial charge in [-0.05, 0) is 30.4 Å². The first-order valence-corrected chi connectivity index (χ1v) is 9.49. The van der Waals surface area contributed by atoms with Gasteiger partial charge in [0.25, 0.3) is 0 Å². The Kier molecular flexibility index (Phi) is 5.54. The zero-order valence-electron chi connectivity index (χ0n) is 14.7. The molecule has 0 aromatic heterocycles. The monoisotopic (exact) mass is 349 g/mol. The zero-order chi connectivity index (χ0) is 17.1. The van der Waals surface area contributed by atoms with Crippen LogP contribution in [0.5, 0.6) is 0 Å². The van der Waals surface area contributed by atoms with Crippen LogP contribution in [0.1, 0.15) is 33.1 Å². The summed E-state index contributed by atoms with van der Waals surface area (Å²) in [4.78, 5) is 16.8. The molecule has 4 nitrogen and oxygen atoms in total. The lowest BCUT2D eigenvalue weighted by atomic mass is 9.78. The number of piperazine rings is 1.